The maximum atomic E-state index is 11.8. The molecule has 0 spiro atoms. The van der Waals surface area contributed by atoms with Crippen molar-refractivity contribution in [2.45, 2.75) is 44.4 Å². The Hall–Kier alpha value is -1.33. The summed E-state index contributed by atoms with van der Waals surface area (Å²) < 4.78 is 5.25. The largest absolute Gasteiger partial charge is 0.455 e. The van der Waals surface area contributed by atoms with Gasteiger partial charge < -0.3 is 20.6 Å². The van der Waals surface area contributed by atoms with Crippen LogP contribution in [0.5, 0.6) is 0 Å². The fourth-order valence-electron chi connectivity index (χ4n) is 2.13. The molecule has 0 unspecified atom stereocenters. The molecule has 0 aliphatic heterocycles. The molecule has 0 aromatic carbocycles. The predicted molar refractivity (Wildman–Crippen MR) is 62.3 cm³/mol. The summed E-state index contributed by atoms with van der Waals surface area (Å²) in [7, 11) is 0. The highest BCUT2D eigenvalue weighted by molar-refractivity contribution is 5.91. The van der Waals surface area contributed by atoms with Crippen molar-refractivity contribution in [3.05, 3.63) is 23.7 Å². The maximum Gasteiger partial charge on any atom is 0.287 e. The standard InChI is InChI=1S/C12H18N2O3/c13-7-8-5-6-11(17-8)12(16)14-9-3-1-2-4-10(9)15/h5-6,9-10,15H,1-4,7,13H2,(H,14,16)/t9-,10-/m1/s1. The van der Waals surface area contributed by atoms with Gasteiger partial charge in [-0.1, -0.05) is 12.8 Å². The van der Waals surface area contributed by atoms with Gasteiger partial charge in [0.05, 0.1) is 18.7 Å². The van der Waals surface area contributed by atoms with E-state index in [0.717, 1.165) is 25.7 Å². The molecule has 0 bridgehead atoms. The highest BCUT2D eigenvalue weighted by atomic mass is 16.4. The van der Waals surface area contributed by atoms with Crippen molar-refractivity contribution in [2.75, 3.05) is 0 Å². The molecule has 1 fully saturated rings. The molecule has 5 heteroatoms. The van der Waals surface area contributed by atoms with Crippen LogP contribution in [0.1, 0.15) is 42.0 Å². The minimum Gasteiger partial charge on any atom is -0.455 e. The number of carbonyl (C=O) groups excluding carboxylic acids is 1. The molecular formula is C12H18N2O3. The van der Waals surface area contributed by atoms with Gasteiger partial charge in [0.25, 0.3) is 5.91 Å². The highest BCUT2D eigenvalue weighted by Gasteiger charge is 2.25. The lowest BCUT2D eigenvalue weighted by atomic mass is 9.92. The van der Waals surface area contributed by atoms with E-state index in [2.05, 4.69) is 5.32 Å². The second kappa shape index (κ2) is 5.33. The van der Waals surface area contributed by atoms with E-state index in [1.54, 1.807) is 12.1 Å². The molecule has 0 saturated heterocycles. The number of carbonyl (C=O) groups is 1. The predicted octanol–water partition coefficient (Wildman–Crippen LogP) is 0.772. The Morgan fingerprint density at radius 3 is 2.88 bits per heavy atom. The maximum absolute atomic E-state index is 11.8. The summed E-state index contributed by atoms with van der Waals surface area (Å²) >= 11 is 0. The first-order valence-electron chi connectivity index (χ1n) is 5.98. The smallest absolute Gasteiger partial charge is 0.287 e. The van der Waals surface area contributed by atoms with Crippen LogP contribution in [0.2, 0.25) is 0 Å². The van der Waals surface area contributed by atoms with Gasteiger partial charge in [-0.2, -0.15) is 0 Å². The van der Waals surface area contributed by atoms with Crippen molar-refractivity contribution in [2.24, 2.45) is 5.73 Å². The molecule has 2 rings (SSSR count). The molecule has 1 amide bonds. The van der Waals surface area contributed by atoms with Crippen LogP contribution < -0.4 is 11.1 Å². The normalized spacial score (nSPS) is 24.6. The number of rotatable bonds is 3. The van der Waals surface area contributed by atoms with Crippen molar-refractivity contribution < 1.29 is 14.3 Å². The molecule has 1 heterocycles. The Kier molecular flexibility index (Phi) is 3.81. The van der Waals surface area contributed by atoms with Gasteiger partial charge in [-0.15, -0.1) is 0 Å². The lowest BCUT2D eigenvalue weighted by Crippen LogP contribution is -2.44. The molecule has 1 aromatic rings. The van der Waals surface area contributed by atoms with E-state index in [0.29, 0.717) is 5.76 Å². The first-order chi connectivity index (χ1) is 8.20. The zero-order chi connectivity index (χ0) is 12.3. The summed E-state index contributed by atoms with van der Waals surface area (Å²) in [6.45, 7) is 0.277. The van der Waals surface area contributed by atoms with Crippen LogP contribution in [0, 0.1) is 0 Å². The van der Waals surface area contributed by atoms with Gasteiger partial charge in [-0.25, -0.2) is 0 Å². The summed E-state index contributed by atoms with van der Waals surface area (Å²) in [6, 6.07) is 3.13. The van der Waals surface area contributed by atoms with Crippen LogP contribution in [-0.4, -0.2) is 23.2 Å². The Labute approximate surface area is 100.0 Å². The molecular weight excluding hydrogens is 220 g/mol. The molecule has 1 aliphatic carbocycles. The van der Waals surface area contributed by atoms with Crippen LogP contribution in [0.15, 0.2) is 16.5 Å². The Bertz CT molecular complexity index is 389. The van der Waals surface area contributed by atoms with Crippen LogP contribution in [0.3, 0.4) is 0 Å². The van der Waals surface area contributed by atoms with Crippen LogP contribution in [-0.2, 0) is 6.54 Å². The average molecular weight is 238 g/mol. The molecule has 1 aliphatic rings. The zero-order valence-corrected chi connectivity index (χ0v) is 9.69. The van der Waals surface area contributed by atoms with Crippen LogP contribution in [0.25, 0.3) is 0 Å². The summed E-state index contributed by atoms with van der Waals surface area (Å²) in [6.07, 6.45) is 3.17. The molecule has 2 atom stereocenters. The minimum atomic E-state index is -0.448. The number of aliphatic hydroxyl groups excluding tert-OH is 1. The SMILES string of the molecule is NCc1ccc(C(=O)N[C@@H]2CCCC[C@H]2O)o1. The van der Waals surface area contributed by atoms with E-state index in [4.69, 9.17) is 10.2 Å². The van der Waals surface area contributed by atoms with Crippen molar-refractivity contribution in [3.8, 4) is 0 Å². The Morgan fingerprint density at radius 2 is 2.24 bits per heavy atom. The van der Waals surface area contributed by atoms with Crippen LogP contribution >= 0.6 is 0 Å². The van der Waals surface area contributed by atoms with Crippen LogP contribution in [0.4, 0.5) is 0 Å². The lowest BCUT2D eigenvalue weighted by molar-refractivity contribution is 0.0697. The average Bonchev–Trinajstić information content (AvgIpc) is 2.81. The minimum absolute atomic E-state index is 0.164. The quantitative estimate of drug-likeness (QED) is 0.725. The van der Waals surface area contributed by atoms with Gasteiger partial charge in [0.1, 0.15) is 5.76 Å². The third-order valence-electron chi connectivity index (χ3n) is 3.13. The first-order valence-corrected chi connectivity index (χ1v) is 5.98. The monoisotopic (exact) mass is 238 g/mol. The van der Waals surface area contributed by atoms with Crippen molar-refractivity contribution in [1.82, 2.24) is 5.32 Å². The molecule has 1 aromatic heterocycles. The van der Waals surface area contributed by atoms with Gasteiger partial charge in [-0.05, 0) is 25.0 Å². The Morgan fingerprint density at radius 1 is 1.47 bits per heavy atom. The Balaban J connectivity index is 1.96. The molecule has 5 nitrogen and oxygen atoms in total. The van der Waals surface area contributed by atoms with Gasteiger partial charge in [0, 0.05) is 0 Å². The molecule has 0 radical (unpaired) electrons. The van der Waals surface area contributed by atoms with Gasteiger partial charge in [0.2, 0.25) is 0 Å². The summed E-state index contributed by atoms with van der Waals surface area (Å²) in [4.78, 5) is 11.8. The second-order valence-corrected chi connectivity index (χ2v) is 4.40. The molecule has 94 valence electrons. The van der Waals surface area contributed by atoms with E-state index < -0.39 is 6.10 Å². The third-order valence-corrected chi connectivity index (χ3v) is 3.13. The zero-order valence-electron chi connectivity index (χ0n) is 9.69. The summed E-state index contributed by atoms with van der Waals surface area (Å²) in [5.41, 5.74) is 5.40. The summed E-state index contributed by atoms with van der Waals surface area (Å²) in [5.74, 6) is 0.554. The number of nitrogens with two attached hydrogens (primary N) is 1. The lowest BCUT2D eigenvalue weighted by Gasteiger charge is -2.27. The molecule has 17 heavy (non-hydrogen) atoms. The van der Waals surface area contributed by atoms with Crippen molar-refractivity contribution in [1.29, 1.82) is 0 Å². The number of furan rings is 1. The number of nitrogens with one attached hydrogen (secondary N) is 1. The van der Waals surface area contributed by atoms with Gasteiger partial charge in [0.15, 0.2) is 5.76 Å². The molecule has 4 N–H and O–H groups in total. The fourth-order valence-corrected chi connectivity index (χ4v) is 2.13. The van der Waals surface area contributed by atoms with E-state index in [-0.39, 0.29) is 24.3 Å². The van der Waals surface area contributed by atoms with Gasteiger partial charge in [-0.3, -0.25) is 4.79 Å². The van der Waals surface area contributed by atoms with E-state index in [1.807, 2.05) is 0 Å². The van der Waals surface area contributed by atoms with Gasteiger partial charge >= 0.3 is 0 Å². The topological polar surface area (TPSA) is 88.5 Å². The number of hydrogen-bond acceptors (Lipinski definition) is 4. The van der Waals surface area contributed by atoms with Crippen molar-refractivity contribution >= 4 is 5.91 Å². The number of aliphatic hydroxyl groups is 1. The highest BCUT2D eigenvalue weighted by Crippen LogP contribution is 2.19. The molecule has 1 saturated carbocycles. The van der Waals surface area contributed by atoms with E-state index in [1.165, 1.54) is 0 Å². The van der Waals surface area contributed by atoms with E-state index in [9.17, 15) is 9.90 Å². The third kappa shape index (κ3) is 2.87. The second-order valence-electron chi connectivity index (χ2n) is 4.40. The number of amides is 1. The van der Waals surface area contributed by atoms with Crippen molar-refractivity contribution in [3.63, 3.8) is 0 Å². The number of hydrogen-bond donors (Lipinski definition) is 3. The summed E-state index contributed by atoms with van der Waals surface area (Å²) in [5, 5.41) is 12.5. The first kappa shape index (κ1) is 12.1. The fraction of sp³-hybridized carbons (Fsp3) is 0.583. The van der Waals surface area contributed by atoms with E-state index >= 15 is 0 Å².